The van der Waals surface area contributed by atoms with Crippen LogP contribution in [-0.2, 0) is 13.1 Å². The molecule has 0 bridgehead atoms. The van der Waals surface area contributed by atoms with Crippen LogP contribution in [0.2, 0.25) is 5.02 Å². The van der Waals surface area contributed by atoms with Gasteiger partial charge in [-0.2, -0.15) is 0 Å². The highest BCUT2D eigenvalue weighted by Gasteiger charge is 1.99. The van der Waals surface area contributed by atoms with E-state index in [1.807, 2.05) is 49.4 Å². The van der Waals surface area contributed by atoms with Crippen LogP contribution < -0.4 is 5.32 Å². The second kappa shape index (κ2) is 5.80. The number of hydrogen-bond donors (Lipinski definition) is 1. The molecular weight excluding hydrogens is 232 g/mol. The molecule has 2 aromatic rings. The first kappa shape index (κ1) is 12.1. The van der Waals surface area contributed by atoms with E-state index in [1.54, 1.807) is 0 Å². The third-order valence-electron chi connectivity index (χ3n) is 2.53. The molecule has 0 radical (unpaired) electrons. The van der Waals surface area contributed by atoms with Gasteiger partial charge in [-0.05, 0) is 30.7 Å². The summed E-state index contributed by atoms with van der Waals surface area (Å²) in [5.41, 5.74) is 3.21. The van der Waals surface area contributed by atoms with E-state index in [4.69, 9.17) is 11.6 Å². The van der Waals surface area contributed by atoms with Gasteiger partial charge in [-0.25, -0.2) is 0 Å². The fraction of sp³-hybridized carbons (Fsp3) is 0.214. The maximum absolute atomic E-state index is 6.08. The Morgan fingerprint density at radius 2 is 1.88 bits per heavy atom. The van der Waals surface area contributed by atoms with Gasteiger partial charge in [0.15, 0.2) is 0 Å². The number of aromatic nitrogens is 1. The fourth-order valence-electron chi connectivity index (χ4n) is 1.66. The molecule has 0 spiro atoms. The van der Waals surface area contributed by atoms with Gasteiger partial charge in [0.1, 0.15) is 0 Å². The van der Waals surface area contributed by atoms with Crippen LogP contribution in [0.15, 0.2) is 42.5 Å². The van der Waals surface area contributed by atoms with Gasteiger partial charge in [-0.15, -0.1) is 0 Å². The first-order chi connectivity index (χ1) is 8.25. The quantitative estimate of drug-likeness (QED) is 0.895. The van der Waals surface area contributed by atoms with Crippen molar-refractivity contribution < 1.29 is 0 Å². The third-order valence-corrected chi connectivity index (χ3v) is 2.89. The number of benzene rings is 1. The zero-order valence-electron chi connectivity index (χ0n) is 9.78. The Hall–Kier alpha value is -1.38. The van der Waals surface area contributed by atoms with Gasteiger partial charge in [-0.3, -0.25) is 4.98 Å². The molecule has 88 valence electrons. The molecule has 3 heteroatoms. The monoisotopic (exact) mass is 246 g/mol. The van der Waals surface area contributed by atoms with Crippen molar-refractivity contribution in [2.75, 3.05) is 0 Å². The highest BCUT2D eigenvalue weighted by atomic mass is 35.5. The number of nitrogens with zero attached hydrogens (tertiary/aromatic N) is 1. The average Bonchev–Trinajstić information content (AvgIpc) is 2.32. The average molecular weight is 247 g/mol. The number of hydrogen-bond acceptors (Lipinski definition) is 2. The van der Waals surface area contributed by atoms with Gasteiger partial charge in [0, 0.05) is 23.8 Å². The number of nitrogens with one attached hydrogen (secondary N) is 1. The predicted molar refractivity (Wildman–Crippen MR) is 71.0 cm³/mol. The van der Waals surface area contributed by atoms with Crippen LogP contribution >= 0.6 is 11.6 Å². The molecule has 0 aliphatic rings. The molecule has 0 fully saturated rings. The molecule has 2 nitrogen and oxygen atoms in total. The van der Waals surface area contributed by atoms with E-state index in [0.29, 0.717) is 0 Å². The van der Waals surface area contributed by atoms with Crippen LogP contribution in [0.1, 0.15) is 17.0 Å². The Morgan fingerprint density at radius 3 is 2.65 bits per heavy atom. The van der Waals surface area contributed by atoms with Gasteiger partial charge in [0.2, 0.25) is 0 Å². The molecule has 0 saturated carbocycles. The lowest BCUT2D eigenvalue weighted by Crippen LogP contribution is -2.14. The van der Waals surface area contributed by atoms with Gasteiger partial charge >= 0.3 is 0 Å². The molecule has 0 unspecified atom stereocenters. The number of halogens is 1. The van der Waals surface area contributed by atoms with Gasteiger partial charge < -0.3 is 5.32 Å². The summed E-state index contributed by atoms with van der Waals surface area (Å²) in [5.74, 6) is 0. The van der Waals surface area contributed by atoms with Gasteiger partial charge in [0.05, 0.1) is 5.69 Å². The van der Waals surface area contributed by atoms with E-state index in [2.05, 4.69) is 10.3 Å². The SMILES string of the molecule is Cc1cccc(CNCc2ccccc2Cl)n1. The Bertz CT molecular complexity index is 497. The smallest absolute Gasteiger partial charge is 0.0544 e. The summed E-state index contributed by atoms with van der Waals surface area (Å²) in [5, 5.41) is 4.14. The van der Waals surface area contributed by atoms with Gasteiger partial charge in [-0.1, -0.05) is 35.9 Å². The minimum atomic E-state index is 0.757. The lowest BCUT2D eigenvalue weighted by molar-refractivity contribution is 0.678. The van der Waals surface area contributed by atoms with Crippen LogP contribution in [0.3, 0.4) is 0 Å². The number of pyridine rings is 1. The van der Waals surface area contributed by atoms with Crippen LogP contribution in [-0.4, -0.2) is 4.98 Å². The minimum Gasteiger partial charge on any atom is -0.307 e. The van der Waals surface area contributed by atoms with E-state index >= 15 is 0 Å². The molecular formula is C14H15ClN2. The summed E-state index contributed by atoms with van der Waals surface area (Å²) in [6.45, 7) is 3.51. The predicted octanol–water partition coefficient (Wildman–Crippen LogP) is 3.33. The van der Waals surface area contributed by atoms with Crippen molar-refractivity contribution in [3.63, 3.8) is 0 Å². The molecule has 0 amide bonds. The van der Waals surface area contributed by atoms with Crippen LogP contribution in [0.5, 0.6) is 0 Å². The lowest BCUT2D eigenvalue weighted by Gasteiger charge is -2.06. The molecule has 1 aromatic carbocycles. The summed E-state index contributed by atoms with van der Waals surface area (Å²) < 4.78 is 0. The standard InChI is InChI=1S/C14H15ClN2/c1-11-5-4-7-13(17-11)10-16-9-12-6-2-3-8-14(12)15/h2-8,16H,9-10H2,1H3. The Morgan fingerprint density at radius 1 is 1.06 bits per heavy atom. The largest absolute Gasteiger partial charge is 0.307 e. The molecule has 0 aliphatic carbocycles. The van der Waals surface area contributed by atoms with Crippen molar-refractivity contribution in [2.45, 2.75) is 20.0 Å². The van der Waals surface area contributed by atoms with E-state index in [0.717, 1.165) is 35.1 Å². The van der Waals surface area contributed by atoms with E-state index < -0.39 is 0 Å². The van der Waals surface area contributed by atoms with Crippen LogP contribution in [0, 0.1) is 6.92 Å². The molecule has 1 aromatic heterocycles. The van der Waals surface area contributed by atoms with Crippen molar-refractivity contribution >= 4 is 11.6 Å². The topological polar surface area (TPSA) is 24.9 Å². The number of rotatable bonds is 4. The van der Waals surface area contributed by atoms with Crippen molar-refractivity contribution in [1.29, 1.82) is 0 Å². The molecule has 0 aliphatic heterocycles. The van der Waals surface area contributed by atoms with E-state index in [1.165, 1.54) is 0 Å². The molecule has 0 saturated heterocycles. The minimum absolute atomic E-state index is 0.757. The second-order valence-corrected chi connectivity index (χ2v) is 4.37. The highest BCUT2D eigenvalue weighted by Crippen LogP contribution is 2.14. The number of aryl methyl sites for hydroxylation is 1. The molecule has 1 heterocycles. The highest BCUT2D eigenvalue weighted by molar-refractivity contribution is 6.31. The molecule has 1 N–H and O–H groups in total. The maximum atomic E-state index is 6.08. The van der Waals surface area contributed by atoms with Crippen molar-refractivity contribution in [1.82, 2.24) is 10.3 Å². The summed E-state index contributed by atoms with van der Waals surface area (Å²) in [4.78, 5) is 4.43. The fourth-order valence-corrected chi connectivity index (χ4v) is 1.87. The van der Waals surface area contributed by atoms with E-state index in [-0.39, 0.29) is 0 Å². The Balaban J connectivity index is 1.90. The van der Waals surface area contributed by atoms with Crippen LogP contribution in [0.4, 0.5) is 0 Å². The van der Waals surface area contributed by atoms with Crippen LogP contribution in [0.25, 0.3) is 0 Å². The Labute approximate surface area is 107 Å². The molecule has 0 atom stereocenters. The third kappa shape index (κ3) is 3.55. The Kier molecular flexibility index (Phi) is 4.13. The van der Waals surface area contributed by atoms with E-state index in [9.17, 15) is 0 Å². The molecule has 17 heavy (non-hydrogen) atoms. The first-order valence-electron chi connectivity index (χ1n) is 5.62. The summed E-state index contributed by atoms with van der Waals surface area (Å²) in [7, 11) is 0. The summed E-state index contributed by atoms with van der Waals surface area (Å²) >= 11 is 6.08. The zero-order valence-corrected chi connectivity index (χ0v) is 10.5. The van der Waals surface area contributed by atoms with Gasteiger partial charge in [0.25, 0.3) is 0 Å². The van der Waals surface area contributed by atoms with Crippen molar-refractivity contribution in [3.05, 3.63) is 64.4 Å². The van der Waals surface area contributed by atoms with Crippen molar-refractivity contribution in [3.8, 4) is 0 Å². The maximum Gasteiger partial charge on any atom is 0.0544 e. The molecule has 2 rings (SSSR count). The normalized spacial score (nSPS) is 10.5. The first-order valence-corrected chi connectivity index (χ1v) is 6.00. The summed E-state index contributed by atoms with van der Waals surface area (Å²) in [6, 6.07) is 13.9. The zero-order chi connectivity index (χ0) is 12.1. The second-order valence-electron chi connectivity index (χ2n) is 3.97. The summed E-state index contributed by atoms with van der Waals surface area (Å²) in [6.07, 6.45) is 0. The van der Waals surface area contributed by atoms with Crippen molar-refractivity contribution in [2.24, 2.45) is 0 Å². The lowest BCUT2D eigenvalue weighted by atomic mass is 10.2.